The van der Waals surface area contributed by atoms with Gasteiger partial charge < -0.3 is 10.1 Å². The number of benzene rings is 1. The molecule has 0 radical (unpaired) electrons. The lowest BCUT2D eigenvalue weighted by atomic mass is 10.1. The van der Waals surface area contributed by atoms with Crippen LogP contribution in [0.4, 0.5) is 5.82 Å². The van der Waals surface area contributed by atoms with Gasteiger partial charge in [0, 0.05) is 24.6 Å². The van der Waals surface area contributed by atoms with Gasteiger partial charge in [-0.1, -0.05) is 24.6 Å². The van der Waals surface area contributed by atoms with E-state index < -0.39 is 0 Å². The van der Waals surface area contributed by atoms with Gasteiger partial charge in [0.2, 0.25) is 0 Å². The van der Waals surface area contributed by atoms with E-state index in [-0.39, 0.29) is 0 Å². The Kier molecular flexibility index (Phi) is 5.02. The van der Waals surface area contributed by atoms with Crippen molar-refractivity contribution >= 4 is 17.4 Å². The summed E-state index contributed by atoms with van der Waals surface area (Å²) in [6.07, 6.45) is 1.86. The topological polar surface area (TPSA) is 47.0 Å². The molecular weight excluding hydrogens is 286 g/mol. The number of methoxy groups -OCH3 is 1. The number of ether oxygens (including phenoxy) is 1. The number of hydrogen-bond donors (Lipinski definition) is 1. The maximum absolute atomic E-state index is 6.09. The molecular formula is C16H20ClN3O. The van der Waals surface area contributed by atoms with E-state index in [0.29, 0.717) is 10.8 Å². The van der Waals surface area contributed by atoms with E-state index in [4.69, 9.17) is 21.3 Å². The smallest absolute Gasteiger partial charge is 0.138 e. The van der Waals surface area contributed by atoms with Crippen molar-refractivity contribution in [1.29, 1.82) is 0 Å². The molecule has 0 aliphatic heterocycles. The molecule has 0 bridgehead atoms. The molecule has 0 aliphatic carbocycles. The molecule has 0 unspecified atom stereocenters. The van der Waals surface area contributed by atoms with Crippen molar-refractivity contribution in [3.63, 3.8) is 0 Å². The molecule has 1 heterocycles. The summed E-state index contributed by atoms with van der Waals surface area (Å²) in [6, 6.07) is 5.69. The average molecular weight is 306 g/mol. The Morgan fingerprint density at radius 2 is 2.05 bits per heavy atom. The fraction of sp³-hybridized carbons (Fsp3) is 0.375. The zero-order valence-electron chi connectivity index (χ0n) is 12.8. The van der Waals surface area contributed by atoms with Crippen molar-refractivity contribution in [3.05, 3.63) is 34.6 Å². The third kappa shape index (κ3) is 3.27. The molecule has 1 aromatic carbocycles. The molecule has 1 aromatic heterocycles. The Morgan fingerprint density at radius 1 is 1.29 bits per heavy atom. The van der Waals surface area contributed by atoms with Crippen LogP contribution in [0.25, 0.3) is 11.3 Å². The number of rotatable bonds is 5. The molecule has 0 amide bonds. The average Bonchev–Trinajstić information content (AvgIpc) is 2.49. The Labute approximate surface area is 130 Å². The minimum Gasteiger partial charge on any atom is -0.495 e. The minimum absolute atomic E-state index is 0.593. The molecule has 4 nitrogen and oxygen atoms in total. The molecule has 112 valence electrons. The summed E-state index contributed by atoms with van der Waals surface area (Å²) in [5, 5.41) is 3.73. The van der Waals surface area contributed by atoms with Crippen LogP contribution in [-0.4, -0.2) is 24.1 Å². The molecule has 0 saturated heterocycles. The summed E-state index contributed by atoms with van der Waals surface area (Å²) in [6.45, 7) is 4.13. The fourth-order valence-electron chi connectivity index (χ4n) is 2.23. The van der Waals surface area contributed by atoms with Crippen LogP contribution in [0.15, 0.2) is 18.2 Å². The maximum Gasteiger partial charge on any atom is 0.138 e. The normalized spacial score (nSPS) is 10.5. The molecule has 0 atom stereocenters. The second kappa shape index (κ2) is 6.76. The van der Waals surface area contributed by atoms with Crippen molar-refractivity contribution < 1.29 is 4.74 Å². The predicted molar refractivity (Wildman–Crippen MR) is 87.3 cm³/mol. The van der Waals surface area contributed by atoms with Crippen molar-refractivity contribution in [2.24, 2.45) is 0 Å². The number of nitrogens with zero attached hydrogens (tertiary/aromatic N) is 2. The summed E-state index contributed by atoms with van der Waals surface area (Å²) in [5.41, 5.74) is 2.90. The van der Waals surface area contributed by atoms with E-state index in [1.54, 1.807) is 7.11 Å². The molecule has 0 aliphatic rings. The maximum atomic E-state index is 6.09. The van der Waals surface area contributed by atoms with Crippen molar-refractivity contribution in [2.45, 2.75) is 26.7 Å². The lowest BCUT2D eigenvalue weighted by molar-refractivity contribution is 0.415. The number of halogens is 1. The first-order valence-corrected chi connectivity index (χ1v) is 7.37. The quantitative estimate of drug-likeness (QED) is 0.903. The Hall–Kier alpha value is -1.81. The number of aromatic nitrogens is 2. The van der Waals surface area contributed by atoms with Gasteiger partial charge in [0.15, 0.2) is 0 Å². The monoisotopic (exact) mass is 305 g/mol. The van der Waals surface area contributed by atoms with E-state index in [9.17, 15) is 0 Å². The molecule has 1 N–H and O–H groups in total. The summed E-state index contributed by atoms with van der Waals surface area (Å²) in [4.78, 5) is 9.24. The van der Waals surface area contributed by atoms with Gasteiger partial charge in [-0.25, -0.2) is 9.97 Å². The Bertz CT molecular complexity index is 644. The second-order valence-corrected chi connectivity index (χ2v) is 5.22. The first-order chi connectivity index (χ1) is 10.1. The van der Waals surface area contributed by atoms with Gasteiger partial charge in [-0.3, -0.25) is 0 Å². The third-order valence-electron chi connectivity index (χ3n) is 3.33. The summed E-state index contributed by atoms with van der Waals surface area (Å²) in [7, 11) is 3.48. The Morgan fingerprint density at radius 3 is 2.67 bits per heavy atom. The predicted octanol–water partition coefficient (Wildman–Crippen LogP) is 4.11. The third-order valence-corrected chi connectivity index (χ3v) is 3.64. The first kappa shape index (κ1) is 15.6. The van der Waals surface area contributed by atoms with Crippen LogP contribution in [0, 0.1) is 6.92 Å². The SMILES string of the molecule is CCCc1nc(NC)c(C)c(-c2ccc(Cl)c(OC)c2)n1. The van der Waals surface area contributed by atoms with Crippen molar-refractivity contribution in [1.82, 2.24) is 9.97 Å². The van der Waals surface area contributed by atoms with Crippen LogP contribution >= 0.6 is 11.6 Å². The van der Waals surface area contributed by atoms with E-state index in [2.05, 4.69) is 17.2 Å². The number of hydrogen-bond acceptors (Lipinski definition) is 4. The Balaban J connectivity index is 2.58. The largest absolute Gasteiger partial charge is 0.495 e. The molecule has 2 rings (SSSR count). The molecule has 2 aromatic rings. The lowest BCUT2D eigenvalue weighted by Gasteiger charge is -2.13. The summed E-state index contributed by atoms with van der Waals surface area (Å²) >= 11 is 6.09. The molecule has 21 heavy (non-hydrogen) atoms. The zero-order chi connectivity index (χ0) is 15.4. The van der Waals surface area contributed by atoms with Gasteiger partial charge in [0.05, 0.1) is 17.8 Å². The van der Waals surface area contributed by atoms with Gasteiger partial charge in [0.25, 0.3) is 0 Å². The minimum atomic E-state index is 0.593. The second-order valence-electron chi connectivity index (χ2n) is 4.81. The van der Waals surface area contributed by atoms with Crippen LogP contribution < -0.4 is 10.1 Å². The van der Waals surface area contributed by atoms with Crippen LogP contribution in [0.2, 0.25) is 5.02 Å². The van der Waals surface area contributed by atoms with E-state index in [1.165, 1.54) is 0 Å². The molecule has 0 spiro atoms. The molecule has 5 heteroatoms. The number of anilines is 1. The zero-order valence-corrected chi connectivity index (χ0v) is 13.6. The first-order valence-electron chi connectivity index (χ1n) is 6.99. The highest BCUT2D eigenvalue weighted by Gasteiger charge is 2.13. The highest BCUT2D eigenvalue weighted by atomic mass is 35.5. The van der Waals surface area contributed by atoms with Crippen molar-refractivity contribution in [2.75, 3.05) is 19.5 Å². The van der Waals surface area contributed by atoms with Crippen LogP contribution in [0.1, 0.15) is 24.7 Å². The molecule has 0 fully saturated rings. The van der Waals surface area contributed by atoms with Gasteiger partial charge >= 0.3 is 0 Å². The highest BCUT2D eigenvalue weighted by Crippen LogP contribution is 2.32. The van der Waals surface area contributed by atoms with E-state index >= 15 is 0 Å². The lowest BCUT2D eigenvalue weighted by Crippen LogP contribution is -2.05. The van der Waals surface area contributed by atoms with Crippen LogP contribution in [-0.2, 0) is 6.42 Å². The highest BCUT2D eigenvalue weighted by molar-refractivity contribution is 6.32. The van der Waals surface area contributed by atoms with Gasteiger partial charge in [-0.05, 0) is 25.5 Å². The van der Waals surface area contributed by atoms with E-state index in [1.807, 2.05) is 32.2 Å². The van der Waals surface area contributed by atoms with Crippen molar-refractivity contribution in [3.8, 4) is 17.0 Å². The number of nitrogens with one attached hydrogen (secondary N) is 1. The standard InChI is InChI=1S/C16H20ClN3O/c1-5-6-14-19-15(10(2)16(18-3)20-14)11-7-8-12(17)13(9-11)21-4/h7-9H,5-6H2,1-4H3,(H,18,19,20). The van der Waals surface area contributed by atoms with Crippen LogP contribution in [0.3, 0.4) is 0 Å². The summed E-state index contributed by atoms with van der Waals surface area (Å²) in [5.74, 6) is 2.35. The van der Waals surface area contributed by atoms with Crippen LogP contribution in [0.5, 0.6) is 5.75 Å². The van der Waals surface area contributed by atoms with Gasteiger partial charge in [-0.2, -0.15) is 0 Å². The molecule has 0 saturated carbocycles. The fourth-order valence-corrected chi connectivity index (χ4v) is 2.42. The summed E-state index contributed by atoms with van der Waals surface area (Å²) < 4.78 is 5.29. The number of aryl methyl sites for hydroxylation is 1. The van der Waals surface area contributed by atoms with Gasteiger partial charge in [-0.15, -0.1) is 0 Å². The van der Waals surface area contributed by atoms with E-state index in [0.717, 1.165) is 41.3 Å². The van der Waals surface area contributed by atoms with Gasteiger partial charge in [0.1, 0.15) is 17.4 Å².